The summed E-state index contributed by atoms with van der Waals surface area (Å²) in [5.74, 6) is 1.00. The summed E-state index contributed by atoms with van der Waals surface area (Å²) >= 11 is 0. The van der Waals surface area contributed by atoms with E-state index in [2.05, 4.69) is 11.1 Å². The minimum atomic E-state index is -0.233. The van der Waals surface area contributed by atoms with E-state index in [1.54, 1.807) is 26.4 Å². The molecule has 1 saturated heterocycles. The topological polar surface area (TPSA) is 57.8 Å². The van der Waals surface area contributed by atoms with E-state index in [9.17, 15) is 9.18 Å². The monoisotopic (exact) mass is 487 g/mol. The molecule has 1 amide bonds. The number of rotatable bonds is 7. The number of nitrogens with zero attached hydrogens (tertiary/aromatic N) is 2. The third kappa shape index (κ3) is 4.61. The summed E-state index contributed by atoms with van der Waals surface area (Å²) in [6, 6.07) is 20.6. The second kappa shape index (κ2) is 10.3. The highest BCUT2D eigenvalue weighted by Gasteiger charge is 2.29. The van der Waals surface area contributed by atoms with Crippen molar-refractivity contribution in [3.05, 3.63) is 89.9 Å². The first-order chi connectivity index (χ1) is 17.6. The van der Waals surface area contributed by atoms with Crippen LogP contribution in [0.25, 0.3) is 10.9 Å². The van der Waals surface area contributed by atoms with Crippen LogP contribution in [0.15, 0.2) is 72.9 Å². The van der Waals surface area contributed by atoms with E-state index in [-0.39, 0.29) is 17.6 Å². The first-order valence-electron chi connectivity index (χ1n) is 12.1. The molecular formula is C29H30FN3O3. The van der Waals surface area contributed by atoms with Crippen molar-refractivity contribution >= 4 is 22.5 Å². The van der Waals surface area contributed by atoms with E-state index in [0.29, 0.717) is 49.8 Å². The maximum absolute atomic E-state index is 14.3. The van der Waals surface area contributed by atoms with Crippen LogP contribution in [0, 0.1) is 5.82 Å². The third-order valence-corrected chi connectivity index (χ3v) is 7.02. The molecular weight excluding hydrogens is 457 g/mol. The lowest BCUT2D eigenvalue weighted by atomic mass is 9.87. The average molecular weight is 488 g/mol. The number of carbonyl (C=O) groups is 1. The Balaban J connectivity index is 1.41. The van der Waals surface area contributed by atoms with Crippen LogP contribution in [0.4, 0.5) is 10.1 Å². The Hall–Kier alpha value is -4.00. The highest BCUT2D eigenvalue weighted by molar-refractivity contribution is 5.86. The molecule has 0 spiro atoms. The molecule has 0 bridgehead atoms. The molecule has 1 aliphatic heterocycles. The zero-order valence-corrected chi connectivity index (χ0v) is 20.5. The van der Waals surface area contributed by atoms with Gasteiger partial charge in [-0.25, -0.2) is 4.39 Å². The largest absolute Gasteiger partial charge is 0.497 e. The Labute approximate surface area is 210 Å². The molecule has 0 saturated carbocycles. The number of piperazine rings is 1. The van der Waals surface area contributed by atoms with Crippen molar-refractivity contribution < 1.29 is 18.7 Å². The predicted molar refractivity (Wildman–Crippen MR) is 139 cm³/mol. The number of benzene rings is 3. The van der Waals surface area contributed by atoms with E-state index in [1.165, 1.54) is 6.07 Å². The molecule has 0 radical (unpaired) electrons. The summed E-state index contributed by atoms with van der Waals surface area (Å²) in [5.41, 5.74) is 3.59. The van der Waals surface area contributed by atoms with Gasteiger partial charge in [0, 0.05) is 67.2 Å². The first-order valence-corrected chi connectivity index (χ1v) is 12.1. The fourth-order valence-electron chi connectivity index (χ4n) is 5.08. The fraction of sp³-hybridized carbons (Fsp3) is 0.276. The van der Waals surface area contributed by atoms with Gasteiger partial charge in [-0.15, -0.1) is 0 Å². The molecule has 1 aromatic heterocycles. The molecule has 6 nitrogen and oxygen atoms in total. The molecule has 1 N–H and O–H groups in total. The molecule has 3 aromatic carbocycles. The number of carbonyl (C=O) groups excluding carboxylic acids is 1. The lowest BCUT2D eigenvalue weighted by molar-refractivity contribution is -0.131. The SMILES string of the molecule is COc1ccc(C(CC(=O)N2CCN(c3ccccc3F)CC2)c2c[nH]c3ccccc23)c(OC)c1. The van der Waals surface area contributed by atoms with E-state index in [4.69, 9.17) is 9.47 Å². The van der Waals surface area contributed by atoms with Crippen molar-refractivity contribution in [2.75, 3.05) is 45.3 Å². The highest BCUT2D eigenvalue weighted by Crippen LogP contribution is 2.39. The smallest absolute Gasteiger partial charge is 0.223 e. The van der Waals surface area contributed by atoms with Crippen LogP contribution >= 0.6 is 0 Å². The molecule has 2 heterocycles. The number of fused-ring (bicyclic) bond motifs is 1. The minimum absolute atomic E-state index is 0.0661. The maximum Gasteiger partial charge on any atom is 0.223 e. The van der Waals surface area contributed by atoms with Crippen molar-refractivity contribution in [3.8, 4) is 11.5 Å². The lowest BCUT2D eigenvalue weighted by Crippen LogP contribution is -2.49. The summed E-state index contributed by atoms with van der Waals surface area (Å²) in [5, 5.41) is 1.08. The zero-order valence-electron chi connectivity index (χ0n) is 20.5. The summed E-state index contributed by atoms with van der Waals surface area (Å²) in [4.78, 5) is 20.8. The molecule has 4 aromatic rings. The standard InChI is InChI=1S/C29H30FN3O3/c1-35-20-11-12-22(28(17-20)36-2)23(24-19-31-26-9-5-3-7-21(24)26)18-29(34)33-15-13-32(14-16-33)27-10-6-4-8-25(27)30/h3-12,17,19,23,31H,13-16,18H2,1-2H3. The van der Waals surface area contributed by atoms with Gasteiger partial charge in [-0.2, -0.15) is 0 Å². The Morgan fingerprint density at radius 2 is 1.69 bits per heavy atom. The Bertz CT molecular complexity index is 1360. The van der Waals surface area contributed by atoms with E-state index >= 15 is 0 Å². The molecule has 1 atom stereocenters. The zero-order chi connectivity index (χ0) is 25.1. The van der Waals surface area contributed by atoms with Gasteiger partial charge in [0.25, 0.3) is 0 Å². The molecule has 1 unspecified atom stereocenters. The van der Waals surface area contributed by atoms with Crippen LogP contribution in [0.5, 0.6) is 11.5 Å². The Morgan fingerprint density at radius 3 is 2.44 bits per heavy atom. The van der Waals surface area contributed by atoms with Crippen LogP contribution in [-0.2, 0) is 4.79 Å². The number of anilines is 1. The molecule has 0 aliphatic carbocycles. The molecule has 5 rings (SSSR count). The van der Waals surface area contributed by atoms with Gasteiger partial charge in [0.15, 0.2) is 0 Å². The number of nitrogens with one attached hydrogen (secondary N) is 1. The van der Waals surface area contributed by atoms with Gasteiger partial charge >= 0.3 is 0 Å². The van der Waals surface area contributed by atoms with Gasteiger partial charge in [0.05, 0.1) is 19.9 Å². The molecule has 7 heteroatoms. The van der Waals surface area contributed by atoms with Crippen molar-refractivity contribution in [2.45, 2.75) is 12.3 Å². The number of amides is 1. The van der Waals surface area contributed by atoms with Gasteiger partial charge in [-0.3, -0.25) is 4.79 Å². The maximum atomic E-state index is 14.3. The second-order valence-electron chi connectivity index (χ2n) is 8.97. The lowest BCUT2D eigenvalue weighted by Gasteiger charge is -2.37. The summed E-state index contributed by atoms with van der Waals surface area (Å²) < 4.78 is 25.4. The van der Waals surface area contributed by atoms with E-state index in [0.717, 1.165) is 22.0 Å². The number of ether oxygens (including phenoxy) is 2. The van der Waals surface area contributed by atoms with Gasteiger partial charge in [-0.05, 0) is 29.8 Å². The van der Waals surface area contributed by atoms with Crippen LogP contribution in [0.2, 0.25) is 0 Å². The normalized spacial score (nSPS) is 14.6. The van der Waals surface area contributed by atoms with Crippen LogP contribution in [-0.4, -0.2) is 56.2 Å². The van der Waals surface area contributed by atoms with Crippen LogP contribution in [0.1, 0.15) is 23.5 Å². The van der Waals surface area contributed by atoms with Crippen molar-refractivity contribution in [1.82, 2.24) is 9.88 Å². The van der Waals surface area contributed by atoms with Crippen molar-refractivity contribution in [2.24, 2.45) is 0 Å². The molecule has 1 fully saturated rings. The quantitative estimate of drug-likeness (QED) is 0.390. The summed E-state index contributed by atoms with van der Waals surface area (Å²) in [7, 11) is 3.25. The summed E-state index contributed by atoms with van der Waals surface area (Å²) in [6.45, 7) is 2.29. The molecule has 1 aliphatic rings. The fourth-order valence-corrected chi connectivity index (χ4v) is 5.08. The van der Waals surface area contributed by atoms with Gasteiger partial charge < -0.3 is 24.3 Å². The minimum Gasteiger partial charge on any atom is -0.497 e. The van der Waals surface area contributed by atoms with Gasteiger partial charge in [0.1, 0.15) is 17.3 Å². The Morgan fingerprint density at radius 1 is 0.944 bits per heavy atom. The first kappa shape index (κ1) is 23.7. The van der Waals surface area contributed by atoms with Gasteiger partial charge in [0.2, 0.25) is 5.91 Å². The number of aromatic amines is 1. The van der Waals surface area contributed by atoms with Gasteiger partial charge in [-0.1, -0.05) is 36.4 Å². The van der Waals surface area contributed by atoms with E-state index in [1.807, 2.05) is 58.5 Å². The van der Waals surface area contributed by atoms with E-state index < -0.39 is 0 Å². The van der Waals surface area contributed by atoms with Crippen molar-refractivity contribution in [1.29, 1.82) is 0 Å². The third-order valence-electron chi connectivity index (χ3n) is 7.02. The van der Waals surface area contributed by atoms with Crippen LogP contribution in [0.3, 0.4) is 0 Å². The molecule has 36 heavy (non-hydrogen) atoms. The number of aromatic nitrogens is 1. The Kier molecular flexibility index (Phi) is 6.80. The number of para-hydroxylation sites is 2. The number of hydrogen-bond donors (Lipinski definition) is 1. The second-order valence-corrected chi connectivity index (χ2v) is 8.97. The number of methoxy groups -OCH3 is 2. The van der Waals surface area contributed by atoms with Crippen LogP contribution < -0.4 is 14.4 Å². The highest BCUT2D eigenvalue weighted by atomic mass is 19.1. The number of H-pyrrole nitrogens is 1. The van der Waals surface area contributed by atoms with Crippen molar-refractivity contribution in [3.63, 3.8) is 0 Å². The average Bonchev–Trinajstić information content (AvgIpc) is 3.35. The summed E-state index contributed by atoms with van der Waals surface area (Å²) in [6.07, 6.45) is 2.28. The predicted octanol–water partition coefficient (Wildman–Crippen LogP) is 5.20. The molecule has 186 valence electrons. The number of hydrogen-bond acceptors (Lipinski definition) is 4. The number of halogens is 1.